The van der Waals surface area contributed by atoms with Crippen LogP contribution in [-0.2, 0) is 6.42 Å². The Morgan fingerprint density at radius 3 is 2.94 bits per heavy atom. The summed E-state index contributed by atoms with van der Waals surface area (Å²) >= 11 is 0. The van der Waals surface area contributed by atoms with E-state index in [2.05, 4.69) is 15.3 Å². The van der Waals surface area contributed by atoms with Crippen LogP contribution in [0.1, 0.15) is 5.69 Å². The van der Waals surface area contributed by atoms with Gasteiger partial charge in [-0.3, -0.25) is 0 Å². The highest BCUT2D eigenvalue weighted by molar-refractivity contribution is 5.58. The first-order valence-corrected chi connectivity index (χ1v) is 4.99. The van der Waals surface area contributed by atoms with Gasteiger partial charge in [-0.2, -0.15) is 0 Å². The number of aromatic nitrogens is 2. The van der Waals surface area contributed by atoms with Crippen LogP contribution in [0.3, 0.4) is 0 Å². The van der Waals surface area contributed by atoms with Crippen molar-refractivity contribution in [3.8, 4) is 11.5 Å². The first kappa shape index (κ1) is 10.4. The summed E-state index contributed by atoms with van der Waals surface area (Å²) in [6.07, 6.45) is 4.15. The Bertz CT molecular complexity index is 454. The fraction of sp³-hybridized carbons (Fsp3) is 0.182. The van der Waals surface area contributed by atoms with Crippen LogP contribution in [0, 0.1) is 0 Å². The zero-order chi connectivity index (χ0) is 11.4. The normalized spacial score (nSPS) is 10.2. The predicted molar refractivity (Wildman–Crippen MR) is 60.6 cm³/mol. The van der Waals surface area contributed by atoms with Crippen molar-refractivity contribution in [2.45, 2.75) is 6.42 Å². The van der Waals surface area contributed by atoms with E-state index in [9.17, 15) is 10.2 Å². The number of nitrogens with one attached hydrogen (secondary N) is 2. The van der Waals surface area contributed by atoms with Gasteiger partial charge >= 0.3 is 0 Å². The third-order valence-corrected chi connectivity index (χ3v) is 2.24. The smallest absolute Gasteiger partial charge is 0.138 e. The number of benzene rings is 1. The van der Waals surface area contributed by atoms with E-state index in [1.165, 1.54) is 18.2 Å². The third-order valence-electron chi connectivity index (χ3n) is 2.24. The van der Waals surface area contributed by atoms with Crippen molar-refractivity contribution in [2.75, 3.05) is 11.9 Å². The number of phenols is 2. The fourth-order valence-corrected chi connectivity index (χ4v) is 1.42. The minimum Gasteiger partial charge on any atom is -0.508 e. The molecule has 0 amide bonds. The van der Waals surface area contributed by atoms with Gasteiger partial charge in [-0.1, -0.05) is 0 Å². The van der Waals surface area contributed by atoms with Crippen molar-refractivity contribution in [3.63, 3.8) is 0 Å². The summed E-state index contributed by atoms with van der Waals surface area (Å²) in [5, 5.41) is 21.8. The summed E-state index contributed by atoms with van der Waals surface area (Å²) in [4.78, 5) is 6.89. The van der Waals surface area contributed by atoms with Crippen LogP contribution in [0.4, 0.5) is 5.69 Å². The molecule has 1 aromatic carbocycles. The highest BCUT2D eigenvalue weighted by Gasteiger charge is 2.01. The van der Waals surface area contributed by atoms with Gasteiger partial charge in [-0.25, -0.2) is 4.98 Å². The van der Waals surface area contributed by atoms with Gasteiger partial charge in [0.05, 0.1) is 12.0 Å². The first-order chi connectivity index (χ1) is 7.75. The first-order valence-electron chi connectivity index (χ1n) is 4.99. The second-order valence-electron chi connectivity index (χ2n) is 3.46. The lowest BCUT2D eigenvalue weighted by Crippen LogP contribution is -2.05. The zero-order valence-electron chi connectivity index (χ0n) is 8.64. The number of aromatic hydroxyl groups is 2. The van der Waals surface area contributed by atoms with E-state index >= 15 is 0 Å². The van der Waals surface area contributed by atoms with Gasteiger partial charge in [0.15, 0.2) is 0 Å². The van der Waals surface area contributed by atoms with Gasteiger partial charge in [0.25, 0.3) is 0 Å². The molecule has 0 radical (unpaired) electrons. The number of hydrogen-bond acceptors (Lipinski definition) is 4. The molecule has 0 aliphatic heterocycles. The Morgan fingerprint density at radius 1 is 1.31 bits per heavy atom. The van der Waals surface area contributed by atoms with E-state index in [0.717, 1.165) is 12.1 Å². The minimum absolute atomic E-state index is 0.127. The van der Waals surface area contributed by atoms with E-state index in [1.54, 1.807) is 12.5 Å². The van der Waals surface area contributed by atoms with Gasteiger partial charge in [0.1, 0.15) is 11.5 Å². The maximum absolute atomic E-state index is 9.50. The lowest BCUT2D eigenvalue weighted by atomic mass is 10.2. The number of nitrogens with zero attached hydrogens (tertiary/aromatic N) is 1. The quantitative estimate of drug-likeness (QED) is 0.463. The van der Waals surface area contributed by atoms with Gasteiger partial charge in [-0.05, 0) is 12.1 Å². The molecule has 4 N–H and O–H groups in total. The largest absolute Gasteiger partial charge is 0.508 e. The topological polar surface area (TPSA) is 81.2 Å². The molecule has 0 unspecified atom stereocenters. The zero-order valence-corrected chi connectivity index (χ0v) is 8.64. The molecule has 5 heteroatoms. The molecule has 0 bridgehead atoms. The minimum atomic E-state index is 0.127. The Hall–Kier alpha value is -2.17. The van der Waals surface area contributed by atoms with E-state index in [4.69, 9.17) is 0 Å². The Kier molecular flexibility index (Phi) is 2.95. The van der Waals surface area contributed by atoms with E-state index in [0.29, 0.717) is 12.2 Å². The molecule has 2 aromatic rings. The number of anilines is 1. The fourth-order valence-electron chi connectivity index (χ4n) is 1.42. The molecule has 0 aliphatic carbocycles. The summed E-state index contributed by atoms with van der Waals surface area (Å²) in [6.45, 7) is 0.652. The van der Waals surface area contributed by atoms with Crippen molar-refractivity contribution in [1.29, 1.82) is 0 Å². The van der Waals surface area contributed by atoms with Crippen LogP contribution < -0.4 is 5.32 Å². The summed E-state index contributed by atoms with van der Waals surface area (Å²) in [5.74, 6) is 0.254. The third kappa shape index (κ3) is 2.44. The molecular weight excluding hydrogens is 206 g/mol. The maximum Gasteiger partial charge on any atom is 0.138 e. The highest BCUT2D eigenvalue weighted by Crippen LogP contribution is 2.26. The van der Waals surface area contributed by atoms with Gasteiger partial charge in [0, 0.05) is 30.9 Å². The Morgan fingerprint density at radius 2 is 2.19 bits per heavy atom. The van der Waals surface area contributed by atoms with Crippen molar-refractivity contribution in [2.24, 2.45) is 0 Å². The SMILES string of the molecule is Oc1ccc(O)c(NCCc2cnc[nH]2)c1. The molecular formula is C11H13N3O2. The van der Waals surface area contributed by atoms with Gasteiger partial charge in [-0.15, -0.1) is 0 Å². The van der Waals surface area contributed by atoms with Crippen LogP contribution in [0.15, 0.2) is 30.7 Å². The second-order valence-corrected chi connectivity index (χ2v) is 3.46. The van der Waals surface area contributed by atoms with Crippen molar-refractivity contribution < 1.29 is 10.2 Å². The molecule has 0 aliphatic rings. The summed E-state index contributed by atoms with van der Waals surface area (Å²) in [7, 11) is 0. The molecule has 0 fully saturated rings. The molecule has 0 saturated heterocycles. The Balaban J connectivity index is 1.92. The molecule has 0 saturated carbocycles. The average Bonchev–Trinajstić information content (AvgIpc) is 2.76. The molecule has 16 heavy (non-hydrogen) atoms. The molecule has 5 nitrogen and oxygen atoms in total. The van der Waals surface area contributed by atoms with Crippen LogP contribution >= 0.6 is 0 Å². The van der Waals surface area contributed by atoms with Gasteiger partial charge in [0.2, 0.25) is 0 Å². The van der Waals surface area contributed by atoms with Crippen molar-refractivity contribution in [3.05, 3.63) is 36.4 Å². The highest BCUT2D eigenvalue weighted by atomic mass is 16.3. The standard InChI is InChI=1S/C11H13N3O2/c15-9-1-2-11(16)10(5-9)13-4-3-8-6-12-7-14-8/h1-2,5-7,13,15-16H,3-4H2,(H,12,14). The summed E-state index contributed by atoms with van der Waals surface area (Å²) in [5.41, 5.74) is 1.55. The van der Waals surface area contributed by atoms with Crippen LogP contribution in [0.2, 0.25) is 0 Å². The molecule has 0 spiro atoms. The second kappa shape index (κ2) is 4.57. The van der Waals surface area contributed by atoms with E-state index in [-0.39, 0.29) is 11.5 Å². The lowest BCUT2D eigenvalue weighted by Gasteiger charge is -2.07. The van der Waals surface area contributed by atoms with Crippen LogP contribution in [0.25, 0.3) is 0 Å². The number of aromatic amines is 1. The van der Waals surface area contributed by atoms with E-state index in [1.807, 2.05) is 0 Å². The van der Waals surface area contributed by atoms with Crippen molar-refractivity contribution >= 4 is 5.69 Å². The van der Waals surface area contributed by atoms with Crippen LogP contribution in [-0.4, -0.2) is 26.7 Å². The number of rotatable bonds is 4. The predicted octanol–water partition coefficient (Wildman–Crippen LogP) is 1.48. The number of H-pyrrole nitrogens is 1. The van der Waals surface area contributed by atoms with Crippen molar-refractivity contribution in [1.82, 2.24) is 9.97 Å². The summed E-state index contributed by atoms with van der Waals surface area (Å²) in [6, 6.07) is 4.38. The number of hydrogen-bond donors (Lipinski definition) is 4. The van der Waals surface area contributed by atoms with Gasteiger partial charge < -0.3 is 20.5 Å². The molecule has 84 valence electrons. The maximum atomic E-state index is 9.50. The van der Waals surface area contributed by atoms with Crippen LogP contribution in [0.5, 0.6) is 11.5 Å². The Labute approximate surface area is 92.8 Å². The molecule has 1 heterocycles. The monoisotopic (exact) mass is 219 g/mol. The molecule has 0 atom stereocenters. The molecule has 2 rings (SSSR count). The number of imidazole rings is 1. The lowest BCUT2D eigenvalue weighted by molar-refractivity contribution is 0.462. The molecule has 1 aromatic heterocycles. The van der Waals surface area contributed by atoms with E-state index < -0.39 is 0 Å². The average molecular weight is 219 g/mol. The number of phenolic OH excluding ortho intramolecular Hbond substituents is 2. The summed E-state index contributed by atoms with van der Waals surface area (Å²) < 4.78 is 0.